The van der Waals surface area contributed by atoms with Crippen molar-refractivity contribution in [1.29, 1.82) is 0 Å². The van der Waals surface area contributed by atoms with Crippen molar-refractivity contribution in [1.82, 2.24) is 15.2 Å². The van der Waals surface area contributed by atoms with E-state index in [1.165, 1.54) is 6.33 Å². The fraction of sp³-hybridized carbons (Fsp3) is 0.429. The predicted molar refractivity (Wildman–Crippen MR) is 46.5 cm³/mol. The number of carbonyl (C=O) groups is 2. The monoisotopic (exact) mass is 198 g/mol. The summed E-state index contributed by atoms with van der Waals surface area (Å²) in [5.41, 5.74) is 0. The summed E-state index contributed by atoms with van der Waals surface area (Å²) in [5, 5.41) is 16.8. The fourth-order valence-corrected chi connectivity index (χ4v) is 0.860. The van der Waals surface area contributed by atoms with E-state index in [0.29, 0.717) is 6.42 Å². The highest BCUT2D eigenvalue weighted by Gasteiger charge is 2.05. The van der Waals surface area contributed by atoms with Crippen molar-refractivity contribution in [2.75, 3.05) is 5.32 Å². The van der Waals surface area contributed by atoms with E-state index in [4.69, 9.17) is 5.11 Å². The number of hydrogen-bond acceptors (Lipinski definition) is 4. The summed E-state index contributed by atoms with van der Waals surface area (Å²) in [7, 11) is 0. The van der Waals surface area contributed by atoms with Gasteiger partial charge in [0.2, 0.25) is 11.9 Å². The van der Waals surface area contributed by atoms with Crippen molar-refractivity contribution in [3.8, 4) is 0 Å². The van der Waals surface area contributed by atoms with E-state index in [9.17, 15) is 9.59 Å². The second-order valence-electron chi connectivity index (χ2n) is 2.63. The number of H-pyrrole nitrogens is 1. The number of carbonyl (C=O) groups excluding carboxylic acids is 1. The third kappa shape index (κ3) is 3.65. The fourth-order valence-electron chi connectivity index (χ4n) is 0.860. The third-order valence-electron chi connectivity index (χ3n) is 1.47. The molecule has 0 bridgehead atoms. The molecule has 0 unspecified atom stereocenters. The number of carboxylic acid groups (broad SMARTS) is 1. The zero-order valence-electron chi connectivity index (χ0n) is 7.36. The second-order valence-corrected chi connectivity index (χ2v) is 2.63. The summed E-state index contributed by atoms with van der Waals surface area (Å²) in [5.74, 6) is -0.911. The molecule has 0 aliphatic rings. The average molecular weight is 198 g/mol. The molecule has 1 amide bonds. The Bertz CT molecular complexity index is 309. The molecule has 76 valence electrons. The largest absolute Gasteiger partial charge is 0.481 e. The number of aromatic nitrogens is 3. The Kier molecular flexibility index (Phi) is 3.59. The molecule has 0 aromatic carbocycles. The Hall–Kier alpha value is -1.92. The molecule has 0 aliphatic heterocycles. The van der Waals surface area contributed by atoms with Crippen molar-refractivity contribution in [3.63, 3.8) is 0 Å². The number of rotatable bonds is 5. The third-order valence-corrected chi connectivity index (χ3v) is 1.47. The summed E-state index contributed by atoms with van der Waals surface area (Å²) < 4.78 is 0. The molecule has 0 saturated heterocycles. The molecular weight excluding hydrogens is 188 g/mol. The molecule has 0 atom stereocenters. The number of hydrogen-bond donors (Lipinski definition) is 3. The first-order valence-electron chi connectivity index (χ1n) is 4.05. The minimum absolute atomic E-state index is 0.0101. The van der Waals surface area contributed by atoms with Crippen LogP contribution >= 0.6 is 0 Å². The second kappa shape index (κ2) is 4.95. The standard InChI is InChI=1S/C7H10N4O3/c12-5(2-1-3-6(13)14)10-7-8-4-9-11-7/h4H,1-3H2,(H,13,14)(H2,8,9,10,11,12). The van der Waals surface area contributed by atoms with Gasteiger partial charge in [0.1, 0.15) is 6.33 Å². The molecule has 0 aliphatic carbocycles. The van der Waals surface area contributed by atoms with E-state index >= 15 is 0 Å². The summed E-state index contributed by atoms with van der Waals surface area (Å²) in [6.45, 7) is 0. The Morgan fingerprint density at radius 3 is 2.86 bits per heavy atom. The summed E-state index contributed by atoms with van der Waals surface area (Å²) >= 11 is 0. The van der Waals surface area contributed by atoms with E-state index in [1.54, 1.807) is 0 Å². The molecule has 14 heavy (non-hydrogen) atoms. The van der Waals surface area contributed by atoms with Gasteiger partial charge in [-0.1, -0.05) is 0 Å². The smallest absolute Gasteiger partial charge is 0.303 e. The van der Waals surface area contributed by atoms with Gasteiger partial charge in [-0.15, -0.1) is 0 Å². The van der Waals surface area contributed by atoms with Crippen molar-refractivity contribution in [2.45, 2.75) is 19.3 Å². The van der Waals surface area contributed by atoms with Crippen molar-refractivity contribution >= 4 is 17.8 Å². The number of amides is 1. The van der Waals surface area contributed by atoms with Crippen LogP contribution in [0.25, 0.3) is 0 Å². The minimum atomic E-state index is -0.905. The van der Waals surface area contributed by atoms with E-state index in [0.717, 1.165) is 0 Å². The van der Waals surface area contributed by atoms with Crippen LogP contribution in [0.15, 0.2) is 6.33 Å². The molecule has 0 fully saturated rings. The van der Waals surface area contributed by atoms with E-state index in [1.807, 2.05) is 0 Å². The number of aromatic amines is 1. The van der Waals surface area contributed by atoms with Gasteiger partial charge < -0.3 is 5.11 Å². The first-order chi connectivity index (χ1) is 6.68. The lowest BCUT2D eigenvalue weighted by molar-refractivity contribution is -0.137. The summed E-state index contributed by atoms with van der Waals surface area (Å²) in [4.78, 5) is 24.9. The van der Waals surface area contributed by atoms with Crippen LogP contribution in [-0.4, -0.2) is 32.2 Å². The molecule has 1 aromatic heterocycles. The highest BCUT2D eigenvalue weighted by molar-refractivity contribution is 5.88. The van der Waals surface area contributed by atoms with Gasteiger partial charge in [-0.05, 0) is 6.42 Å². The van der Waals surface area contributed by atoms with Gasteiger partial charge in [-0.2, -0.15) is 10.1 Å². The van der Waals surface area contributed by atoms with Gasteiger partial charge in [0.05, 0.1) is 0 Å². The quantitative estimate of drug-likeness (QED) is 0.617. The van der Waals surface area contributed by atoms with Crippen molar-refractivity contribution in [3.05, 3.63) is 6.33 Å². The molecule has 1 rings (SSSR count). The van der Waals surface area contributed by atoms with E-state index in [2.05, 4.69) is 20.5 Å². The number of nitrogens with zero attached hydrogens (tertiary/aromatic N) is 2. The first-order valence-corrected chi connectivity index (χ1v) is 4.05. The van der Waals surface area contributed by atoms with Crippen LogP contribution in [0.4, 0.5) is 5.95 Å². The van der Waals surface area contributed by atoms with Gasteiger partial charge in [0.25, 0.3) is 0 Å². The highest BCUT2D eigenvalue weighted by Crippen LogP contribution is 1.99. The maximum Gasteiger partial charge on any atom is 0.303 e. The van der Waals surface area contributed by atoms with Crippen LogP contribution < -0.4 is 5.32 Å². The normalized spacial score (nSPS) is 9.71. The summed E-state index contributed by atoms with van der Waals surface area (Å²) in [6.07, 6.45) is 1.74. The van der Waals surface area contributed by atoms with E-state index < -0.39 is 5.97 Å². The minimum Gasteiger partial charge on any atom is -0.481 e. The van der Waals surface area contributed by atoms with Gasteiger partial charge in [0, 0.05) is 12.8 Å². The predicted octanol–water partition coefficient (Wildman–Crippen LogP) is -0.00190. The number of nitrogens with one attached hydrogen (secondary N) is 2. The lowest BCUT2D eigenvalue weighted by atomic mass is 10.2. The molecule has 7 heteroatoms. The Labute approximate surface area is 79.5 Å². The maximum atomic E-state index is 11.1. The van der Waals surface area contributed by atoms with Gasteiger partial charge in [0.15, 0.2) is 0 Å². The van der Waals surface area contributed by atoms with Crippen molar-refractivity contribution < 1.29 is 14.7 Å². The molecule has 1 heterocycles. The van der Waals surface area contributed by atoms with Crippen LogP contribution in [0.3, 0.4) is 0 Å². The maximum absolute atomic E-state index is 11.1. The molecule has 0 spiro atoms. The Morgan fingerprint density at radius 1 is 1.50 bits per heavy atom. The van der Waals surface area contributed by atoms with Crippen LogP contribution in [0.5, 0.6) is 0 Å². The number of anilines is 1. The SMILES string of the molecule is O=C(O)CCCC(=O)Nc1ncn[nH]1. The van der Waals surface area contributed by atoms with Crippen LogP contribution in [0.2, 0.25) is 0 Å². The zero-order valence-corrected chi connectivity index (χ0v) is 7.36. The summed E-state index contributed by atoms with van der Waals surface area (Å²) in [6, 6.07) is 0. The number of aliphatic carboxylic acids is 1. The Balaban J connectivity index is 2.20. The first kappa shape index (κ1) is 10.2. The molecule has 0 radical (unpaired) electrons. The molecule has 1 aromatic rings. The molecular formula is C7H10N4O3. The van der Waals surface area contributed by atoms with E-state index in [-0.39, 0.29) is 24.7 Å². The van der Waals surface area contributed by atoms with Gasteiger partial charge >= 0.3 is 5.97 Å². The average Bonchev–Trinajstić information content (AvgIpc) is 2.56. The van der Waals surface area contributed by atoms with Gasteiger partial charge in [-0.3, -0.25) is 14.9 Å². The molecule has 0 saturated carbocycles. The van der Waals surface area contributed by atoms with Gasteiger partial charge in [-0.25, -0.2) is 5.10 Å². The topological polar surface area (TPSA) is 108 Å². The lowest BCUT2D eigenvalue weighted by Gasteiger charge is -1.99. The van der Waals surface area contributed by atoms with Crippen LogP contribution in [0, 0.1) is 0 Å². The molecule has 7 nitrogen and oxygen atoms in total. The number of carboxylic acids is 1. The molecule has 3 N–H and O–H groups in total. The van der Waals surface area contributed by atoms with Crippen LogP contribution in [0.1, 0.15) is 19.3 Å². The highest BCUT2D eigenvalue weighted by atomic mass is 16.4. The zero-order chi connectivity index (χ0) is 10.4. The Morgan fingerprint density at radius 2 is 2.29 bits per heavy atom. The lowest BCUT2D eigenvalue weighted by Crippen LogP contribution is -2.12. The van der Waals surface area contributed by atoms with Crippen LogP contribution in [-0.2, 0) is 9.59 Å². The van der Waals surface area contributed by atoms with Crippen molar-refractivity contribution in [2.24, 2.45) is 0 Å².